The van der Waals surface area contributed by atoms with Gasteiger partial charge in [-0.3, -0.25) is 4.68 Å². The molecule has 0 fully saturated rings. The highest BCUT2D eigenvalue weighted by Crippen LogP contribution is 2.11. The van der Waals surface area contributed by atoms with Crippen LogP contribution in [0.2, 0.25) is 0 Å². The first-order valence-electron chi connectivity index (χ1n) is 6.83. The minimum Gasteiger partial charge on any atom is -0.409 e. The summed E-state index contributed by atoms with van der Waals surface area (Å²) in [6.07, 6.45) is 4.53. The molecule has 0 aliphatic heterocycles. The van der Waals surface area contributed by atoms with E-state index in [1.165, 1.54) is 5.56 Å². The molecule has 0 aliphatic rings. The van der Waals surface area contributed by atoms with Crippen LogP contribution in [0.5, 0.6) is 0 Å². The Morgan fingerprint density at radius 2 is 2.33 bits per heavy atom. The van der Waals surface area contributed by atoms with E-state index in [0.717, 1.165) is 37.2 Å². The number of hydrogen-bond donors (Lipinski definition) is 3. The van der Waals surface area contributed by atoms with Crippen LogP contribution >= 0.6 is 0 Å². The molecule has 0 saturated heterocycles. The van der Waals surface area contributed by atoms with Crippen molar-refractivity contribution in [3.05, 3.63) is 47.3 Å². The van der Waals surface area contributed by atoms with E-state index in [1.807, 2.05) is 36.0 Å². The molecule has 0 atom stereocenters. The third-order valence-electron chi connectivity index (χ3n) is 3.27. The maximum absolute atomic E-state index is 8.67. The molecule has 7 heteroatoms. The molecule has 0 bridgehead atoms. The minimum absolute atomic E-state index is 0.130. The monoisotopic (exact) mass is 288 g/mol. The summed E-state index contributed by atoms with van der Waals surface area (Å²) < 4.78 is 1.82. The predicted octanol–water partition coefficient (Wildman–Crippen LogP) is 0.861. The van der Waals surface area contributed by atoms with E-state index in [1.54, 1.807) is 6.20 Å². The second-order valence-electron chi connectivity index (χ2n) is 4.82. The van der Waals surface area contributed by atoms with Crippen LogP contribution in [0.15, 0.2) is 35.7 Å². The smallest absolute Gasteiger partial charge is 0.170 e. The Morgan fingerprint density at radius 1 is 1.48 bits per heavy atom. The highest BCUT2D eigenvalue weighted by molar-refractivity contribution is 5.97. The van der Waals surface area contributed by atoms with E-state index in [-0.39, 0.29) is 5.84 Å². The summed E-state index contributed by atoms with van der Waals surface area (Å²) in [4.78, 5) is 0. The van der Waals surface area contributed by atoms with Crippen LogP contribution in [0.25, 0.3) is 0 Å². The van der Waals surface area contributed by atoms with Gasteiger partial charge in [0.15, 0.2) is 5.84 Å². The standard InChI is InChI=1S/C14H20N6O/c1-11-9-12(14(15)18-21)3-4-13(11)10-16-5-2-7-20-8-6-17-19-20/h3-4,6,8-9,16,21H,2,5,7,10H2,1H3,(H2,15,18). The van der Waals surface area contributed by atoms with Crippen LogP contribution < -0.4 is 11.1 Å². The molecule has 0 amide bonds. The second-order valence-corrected chi connectivity index (χ2v) is 4.82. The summed E-state index contributed by atoms with van der Waals surface area (Å²) in [7, 11) is 0. The minimum atomic E-state index is 0.130. The van der Waals surface area contributed by atoms with Gasteiger partial charge in [-0.25, -0.2) is 0 Å². The van der Waals surface area contributed by atoms with Crippen LogP contribution in [-0.2, 0) is 13.1 Å². The lowest BCUT2D eigenvalue weighted by Gasteiger charge is -2.09. The fraction of sp³-hybridized carbons (Fsp3) is 0.357. The zero-order valence-corrected chi connectivity index (χ0v) is 12.0. The summed E-state index contributed by atoms with van der Waals surface area (Å²) in [5, 5.41) is 22.7. The maximum Gasteiger partial charge on any atom is 0.170 e. The van der Waals surface area contributed by atoms with Crippen molar-refractivity contribution in [1.82, 2.24) is 20.3 Å². The molecule has 4 N–H and O–H groups in total. The maximum atomic E-state index is 8.67. The lowest BCUT2D eigenvalue weighted by Crippen LogP contribution is -2.18. The molecule has 21 heavy (non-hydrogen) atoms. The molecule has 7 nitrogen and oxygen atoms in total. The van der Waals surface area contributed by atoms with Crippen LogP contribution in [0.4, 0.5) is 0 Å². The fourth-order valence-electron chi connectivity index (χ4n) is 2.05. The number of hydrogen-bond acceptors (Lipinski definition) is 5. The summed E-state index contributed by atoms with van der Waals surface area (Å²) in [6, 6.07) is 5.77. The number of nitrogens with two attached hydrogens (primary N) is 1. The third kappa shape index (κ3) is 4.28. The molecule has 1 aromatic heterocycles. The first kappa shape index (κ1) is 15.0. The molecule has 0 aliphatic carbocycles. The van der Waals surface area contributed by atoms with E-state index in [0.29, 0.717) is 0 Å². The Morgan fingerprint density at radius 3 is 3.00 bits per heavy atom. The van der Waals surface area contributed by atoms with Gasteiger partial charge < -0.3 is 16.3 Å². The lowest BCUT2D eigenvalue weighted by molar-refractivity contribution is 0.318. The van der Waals surface area contributed by atoms with Gasteiger partial charge in [0.25, 0.3) is 0 Å². The van der Waals surface area contributed by atoms with E-state index < -0.39 is 0 Å². The third-order valence-corrected chi connectivity index (χ3v) is 3.27. The molecule has 2 rings (SSSR count). The number of rotatable bonds is 7. The Kier molecular flexibility index (Phi) is 5.28. The molecule has 1 heterocycles. The predicted molar refractivity (Wildman–Crippen MR) is 80.0 cm³/mol. The van der Waals surface area contributed by atoms with Crippen molar-refractivity contribution in [2.75, 3.05) is 6.54 Å². The molecule has 1 aromatic carbocycles. The zero-order valence-electron chi connectivity index (χ0n) is 12.0. The molecule has 2 aromatic rings. The van der Waals surface area contributed by atoms with Crippen LogP contribution in [0.3, 0.4) is 0 Å². The fourth-order valence-corrected chi connectivity index (χ4v) is 2.05. The van der Waals surface area contributed by atoms with Gasteiger partial charge in [-0.05, 0) is 37.1 Å². The molecular weight excluding hydrogens is 268 g/mol. The van der Waals surface area contributed by atoms with Crippen molar-refractivity contribution in [2.45, 2.75) is 26.4 Å². The Bertz CT molecular complexity index is 594. The van der Waals surface area contributed by atoms with E-state index >= 15 is 0 Å². The van der Waals surface area contributed by atoms with Gasteiger partial charge in [-0.1, -0.05) is 22.5 Å². The molecular formula is C14H20N6O. The van der Waals surface area contributed by atoms with Gasteiger partial charge in [-0.2, -0.15) is 0 Å². The first-order chi connectivity index (χ1) is 10.2. The van der Waals surface area contributed by atoms with Gasteiger partial charge in [0.2, 0.25) is 0 Å². The lowest BCUT2D eigenvalue weighted by atomic mass is 10.0. The van der Waals surface area contributed by atoms with Crippen molar-refractivity contribution >= 4 is 5.84 Å². The number of nitrogens with one attached hydrogen (secondary N) is 1. The topological polar surface area (TPSA) is 101 Å². The quantitative estimate of drug-likeness (QED) is 0.231. The van der Waals surface area contributed by atoms with Gasteiger partial charge in [-0.15, -0.1) is 5.10 Å². The Labute approximate surface area is 123 Å². The van der Waals surface area contributed by atoms with E-state index in [9.17, 15) is 0 Å². The van der Waals surface area contributed by atoms with Gasteiger partial charge in [0.1, 0.15) is 0 Å². The summed E-state index contributed by atoms with van der Waals surface area (Å²) in [5.41, 5.74) is 8.61. The molecule has 0 spiro atoms. The molecule has 0 saturated carbocycles. The summed E-state index contributed by atoms with van der Waals surface area (Å²) >= 11 is 0. The van der Waals surface area contributed by atoms with Gasteiger partial charge in [0.05, 0.1) is 6.20 Å². The Hall–Kier alpha value is -2.41. The Balaban J connectivity index is 1.78. The SMILES string of the molecule is Cc1cc(/C(N)=N/O)ccc1CNCCCn1ccnn1. The van der Waals surface area contributed by atoms with Gasteiger partial charge >= 0.3 is 0 Å². The van der Waals surface area contributed by atoms with Crippen molar-refractivity contribution < 1.29 is 5.21 Å². The highest BCUT2D eigenvalue weighted by Gasteiger charge is 2.03. The van der Waals surface area contributed by atoms with Crippen LogP contribution in [0, 0.1) is 6.92 Å². The van der Waals surface area contributed by atoms with Gasteiger partial charge in [0, 0.05) is 24.8 Å². The largest absolute Gasteiger partial charge is 0.409 e. The van der Waals surface area contributed by atoms with Crippen molar-refractivity contribution in [2.24, 2.45) is 10.9 Å². The average Bonchev–Trinajstić information content (AvgIpc) is 3.00. The van der Waals surface area contributed by atoms with Crippen LogP contribution in [0.1, 0.15) is 23.1 Å². The normalized spacial score (nSPS) is 11.8. The number of benzene rings is 1. The molecule has 112 valence electrons. The number of nitrogens with zero attached hydrogens (tertiary/aromatic N) is 4. The number of aromatic nitrogens is 3. The number of aryl methyl sites for hydroxylation is 2. The second kappa shape index (κ2) is 7.39. The van der Waals surface area contributed by atoms with Crippen molar-refractivity contribution in [3.63, 3.8) is 0 Å². The van der Waals surface area contributed by atoms with Crippen molar-refractivity contribution in [1.29, 1.82) is 0 Å². The number of oxime groups is 1. The zero-order chi connectivity index (χ0) is 15.1. The summed E-state index contributed by atoms with van der Waals surface area (Å²) in [6.45, 7) is 4.57. The van der Waals surface area contributed by atoms with E-state index in [4.69, 9.17) is 10.9 Å². The molecule has 0 radical (unpaired) electrons. The highest BCUT2D eigenvalue weighted by atomic mass is 16.4. The number of amidine groups is 1. The summed E-state index contributed by atoms with van der Waals surface area (Å²) in [5.74, 6) is 0.130. The molecule has 0 unspecified atom stereocenters. The van der Waals surface area contributed by atoms with Crippen molar-refractivity contribution in [3.8, 4) is 0 Å². The van der Waals surface area contributed by atoms with Crippen LogP contribution in [-0.4, -0.2) is 32.6 Å². The average molecular weight is 288 g/mol. The first-order valence-corrected chi connectivity index (χ1v) is 6.83. The van der Waals surface area contributed by atoms with E-state index in [2.05, 4.69) is 20.8 Å².